The first-order chi connectivity index (χ1) is 7.22. The molecule has 3 fully saturated rings. The Morgan fingerprint density at radius 3 is 2.47 bits per heavy atom. The number of hydrogen-bond donors (Lipinski definition) is 0. The zero-order valence-corrected chi connectivity index (χ0v) is 10.2. The first-order valence-electron chi connectivity index (χ1n) is 6.86. The van der Waals surface area contributed by atoms with Gasteiger partial charge in [0.25, 0.3) is 0 Å². The summed E-state index contributed by atoms with van der Waals surface area (Å²) in [5.41, 5.74) is 0.270. The Balaban J connectivity index is 1.79. The minimum absolute atomic E-state index is 0.270. The lowest BCUT2D eigenvalue weighted by Crippen LogP contribution is -2.48. The van der Waals surface area contributed by atoms with Crippen LogP contribution >= 0.6 is 0 Å². The highest BCUT2D eigenvalue weighted by Crippen LogP contribution is 2.53. The molecule has 2 aliphatic carbocycles. The maximum absolute atomic E-state index is 6.41. The molecule has 0 aromatic carbocycles. The molecule has 1 aliphatic heterocycles. The summed E-state index contributed by atoms with van der Waals surface area (Å²) in [6, 6.07) is 0. The van der Waals surface area contributed by atoms with Crippen molar-refractivity contribution in [2.45, 2.75) is 58.0 Å². The van der Waals surface area contributed by atoms with Gasteiger partial charge in [0.15, 0.2) is 0 Å². The van der Waals surface area contributed by atoms with Crippen molar-refractivity contribution < 1.29 is 4.74 Å². The van der Waals surface area contributed by atoms with E-state index in [1.54, 1.807) is 0 Å². The summed E-state index contributed by atoms with van der Waals surface area (Å²) in [4.78, 5) is 0. The van der Waals surface area contributed by atoms with Gasteiger partial charge >= 0.3 is 0 Å². The molecule has 1 saturated heterocycles. The second-order valence-electron chi connectivity index (χ2n) is 6.29. The molecule has 0 aromatic heterocycles. The maximum Gasteiger partial charge on any atom is 0.0733 e. The van der Waals surface area contributed by atoms with Crippen LogP contribution in [0, 0.1) is 23.7 Å². The lowest BCUT2D eigenvalue weighted by Gasteiger charge is -2.47. The zero-order chi connectivity index (χ0) is 10.5. The van der Waals surface area contributed by atoms with E-state index in [1.807, 2.05) is 0 Å². The highest BCUT2D eigenvalue weighted by Gasteiger charge is 2.50. The number of rotatable bonds is 0. The topological polar surface area (TPSA) is 9.23 Å². The molecule has 3 rings (SSSR count). The van der Waals surface area contributed by atoms with E-state index < -0.39 is 0 Å². The molecule has 15 heavy (non-hydrogen) atoms. The standard InChI is InChI=1S/C14H24O/c1-10-4-3-5-11(2)14(10)7-6-12-8-13(12)9-15-14/h10-13H,3-9H2,1-2H3. The Kier molecular flexibility index (Phi) is 2.35. The second kappa shape index (κ2) is 3.48. The van der Waals surface area contributed by atoms with Crippen LogP contribution in [-0.2, 0) is 4.74 Å². The van der Waals surface area contributed by atoms with E-state index in [-0.39, 0.29) is 5.60 Å². The number of hydrogen-bond acceptors (Lipinski definition) is 1. The van der Waals surface area contributed by atoms with E-state index in [0.29, 0.717) is 0 Å². The van der Waals surface area contributed by atoms with Crippen LogP contribution < -0.4 is 0 Å². The Hall–Kier alpha value is -0.0400. The lowest BCUT2D eigenvalue weighted by molar-refractivity contribution is -0.139. The van der Waals surface area contributed by atoms with Crippen molar-refractivity contribution in [2.75, 3.05) is 6.61 Å². The zero-order valence-electron chi connectivity index (χ0n) is 10.2. The van der Waals surface area contributed by atoms with E-state index >= 15 is 0 Å². The molecule has 0 N–H and O–H groups in total. The van der Waals surface area contributed by atoms with Gasteiger partial charge in [-0.3, -0.25) is 0 Å². The Morgan fingerprint density at radius 1 is 1.00 bits per heavy atom. The van der Waals surface area contributed by atoms with Gasteiger partial charge in [0.1, 0.15) is 0 Å². The molecule has 86 valence electrons. The fourth-order valence-corrected chi connectivity index (χ4v) is 4.10. The summed E-state index contributed by atoms with van der Waals surface area (Å²) in [5.74, 6) is 3.55. The first-order valence-corrected chi connectivity index (χ1v) is 6.86. The van der Waals surface area contributed by atoms with Crippen LogP contribution in [0.15, 0.2) is 0 Å². The van der Waals surface area contributed by atoms with Gasteiger partial charge in [0.2, 0.25) is 0 Å². The van der Waals surface area contributed by atoms with Gasteiger partial charge in [-0.2, -0.15) is 0 Å². The summed E-state index contributed by atoms with van der Waals surface area (Å²) in [6.45, 7) is 5.92. The fourth-order valence-electron chi connectivity index (χ4n) is 4.10. The van der Waals surface area contributed by atoms with Crippen LogP contribution in [0.4, 0.5) is 0 Å². The van der Waals surface area contributed by atoms with Crippen LogP contribution in [0.5, 0.6) is 0 Å². The predicted octanol–water partition coefficient (Wildman–Crippen LogP) is 3.63. The molecule has 1 heterocycles. The van der Waals surface area contributed by atoms with E-state index in [1.165, 1.54) is 38.5 Å². The molecule has 1 heteroatoms. The average molecular weight is 208 g/mol. The van der Waals surface area contributed by atoms with E-state index in [0.717, 1.165) is 30.3 Å². The molecule has 0 bridgehead atoms. The minimum atomic E-state index is 0.270. The van der Waals surface area contributed by atoms with Crippen molar-refractivity contribution in [3.8, 4) is 0 Å². The summed E-state index contributed by atoms with van der Waals surface area (Å²) < 4.78 is 6.41. The fraction of sp³-hybridized carbons (Fsp3) is 1.00. The minimum Gasteiger partial charge on any atom is -0.374 e. The molecule has 4 atom stereocenters. The summed E-state index contributed by atoms with van der Waals surface area (Å²) >= 11 is 0. The van der Waals surface area contributed by atoms with Crippen molar-refractivity contribution in [1.29, 1.82) is 0 Å². The van der Waals surface area contributed by atoms with Gasteiger partial charge in [-0.15, -0.1) is 0 Å². The highest BCUT2D eigenvalue weighted by molar-refractivity contribution is 5.00. The predicted molar refractivity (Wildman–Crippen MR) is 61.7 cm³/mol. The van der Waals surface area contributed by atoms with Crippen molar-refractivity contribution in [1.82, 2.24) is 0 Å². The van der Waals surface area contributed by atoms with Crippen LogP contribution in [0.1, 0.15) is 52.4 Å². The van der Waals surface area contributed by atoms with Gasteiger partial charge in [0.05, 0.1) is 12.2 Å². The Bertz CT molecular complexity index is 224. The third kappa shape index (κ3) is 1.54. The molecule has 2 saturated carbocycles. The van der Waals surface area contributed by atoms with E-state index in [4.69, 9.17) is 4.74 Å². The van der Waals surface area contributed by atoms with Crippen LogP contribution in [0.25, 0.3) is 0 Å². The van der Waals surface area contributed by atoms with Gasteiger partial charge in [-0.1, -0.05) is 20.3 Å². The van der Waals surface area contributed by atoms with E-state index in [2.05, 4.69) is 13.8 Å². The normalized spacial score (nSPS) is 54.8. The molecule has 1 spiro atoms. The molecule has 0 aromatic rings. The third-order valence-electron chi connectivity index (χ3n) is 5.48. The Morgan fingerprint density at radius 2 is 1.73 bits per heavy atom. The molecule has 0 amide bonds. The van der Waals surface area contributed by atoms with Crippen molar-refractivity contribution in [2.24, 2.45) is 23.7 Å². The third-order valence-corrected chi connectivity index (χ3v) is 5.48. The van der Waals surface area contributed by atoms with Gasteiger partial charge in [0, 0.05) is 0 Å². The SMILES string of the molecule is CC1CCCC(C)C12CCC1CC1CO2. The van der Waals surface area contributed by atoms with Crippen LogP contribution in [0.2, 0.25) is 0 Å². The van der Waals surface area contributed by atoms with E-state index in [9.17, 15) is 0 Å². The molecular formula is C14H24O. The lowest BCUT2D eigenvalue weighted by atomic mass is 9.67. The molecule has 0 radical (unpaired) electrons. The number of ether oxygens (including phenoxy) is 1. The van der Waals surface area contributed by atoms with Gasteiger partial charge in [-0.25, -0.2) is 0 Å². The highest BCUT2D eigenvalue weighted by atomic mass is 16.5. The maximum atomic E-state index is 6.41. The van der Waals surface area contributed by atoms with Crippen LogP contribution in [-0.4, -0.2) is 12.2 Å². The monoisotopic (exact) mass is 208 g/mol. The van der Waals surface area contributed by atoms with Crippen LogP contribution in [0.3, 0.4) is 0 Å². The summed E-state index contributed by atoms with van der Waals surface area (Å²) in [7, 11) is 0. The average Bonchev–Trinajstić information content (AvgIpc) is 2.94. The number of fused-ring (bicyclic) bond motifs is 1. The second-order valence-corrected chi connectivity index (χ2v) is 6.29. The molecule has 1 nitrogen and oxygen atoms in total. The molecular weight excluding hydrogens is 184 g/mol. The van der Waals surface area contributed by atoms with Crippen molar-refractivity contribution in [3.05, 3.63) is 0 Å². The Labute approximate surface area is 93.6 Å². The quantitative estimate of drug-likeness (QED) is 0.590. The molecule has 4 unspecified atom stereocenters. The summed E-state index contributed by atoms with van der Waals surface area (Å²) in [5, 5.41) is 0. The smallest absolute Gasteiger partial charge is 0.0733 e. The largest absolute Gasteiger partial charge is 0.374 e. The van der Waals surface area contributed by atoms with Gasteiger partial charge < -0.3 is 4.74 Å². The first kappa shape index (κ1) is 10.1. The van der Waals surface area contributed by atoms with Crippen molar-refractivity contribution in [3.63, 3.8) is 0 Å². The molecule has 3 aliphatic rings. The van der Waals surface area contributed by atoms with Crippen molar-refractivity contribution >= 4 is 0 Å². The summed E-state index contributed by atoms with van der Waals surface area (Å²) in [6.07, 6.45) is 8.44. The van der Waals surface area contributed by atoms with Gasteiger partial charge in [-0.05, 0) is 55.8 Å².